The first-order valence-corrected chi connectivity index (χ1v) is 9.58. The first-order chi connectivity index (χ1) is 14.1. The molecule has 0 atom stereocenters. The average molecular weight is 386 g/mol. The lowest BCUT2D eigenvalue weighted by Gasteiger charge is -2.11. The lowest BCUT2D eigenvalue weighted by Crippen LogP contribution is -2.20. The molecule has 0 amide bonds. The average Bonchev–Trinajstić information content (AvgIpc) is 2.73. The van der Waals surface area contributed by atoms with Crippen LogP contribution in [0.4, 0.5) is 17.1 Å². The normalized spacial score (nSPS) is 11.0. The Labute approximate surface area is 172 Å². The quantitative estimate of drug-likeness (QED) is 0.413. The maximum atomic E-state index is 12.5. The van der Waals surface area contributed by atoms with Crippen LogP contribution in [0.5, 0.6) is 0 Å². The third-order valence-electron chi connectivity index (χ3n) is 4.32. The number of carbonyl (C=O) groups is 1. The van der Waals surface area contributed by atoms with Gasteiger partial charge in [0, 0.05) is 36.2 Å². The van der Waals surface area contributed by atoms with Crippen molar-refractivity contribution in [1.29, 1.82) is 0 Å². The maximum Gasteiger partial charge on any atom is 0.185 e. The van der Waals surface area contributed by atoms with Crippen LogP contribution in [0.25, 0.3) is 6.08 Å². The third-order valence-corrected chi connectivity index (χ3v) is 4.32. The number of anilines is 3. The smallest absolute Gasteiger partial charge is 0.185 e. The van der Waals surface area contributed by atoms with Gasteiger partial charge in [0.1, 0.15) is 0 Å². The fourth-order valence-electron chi connectivity index (χ4n) is 2.77. The standard InChI is InChI=1S/C24H26N4O/c1-28(2)16-15-26-21-11-9-20(10-12-21)24(29)13-8-19-5-3-6-22(17-19)27-23-7-4-14-25-18-23/h3-14,17-18,26-27H,15-16H2,1-2H3/b13-8+. The molecule has 0 saturated heterocycles. The van der Waals surface area contributed by atoms with E-state index in [1.807, 2.05) is 80.8 Å². The second kappa shape index (κ2) is 10.2. The molecular formula is C24H26N4O. The van der Waals surface area contributed by atoms with Crippen molar-refractivity contribution in [2.75, 3.05) is 37.8 Å². The molecule has 1 aromatic heterocycles. The molecule has 0 unspecified atom stereocenters. The SMILES string of the molecule is CN(C)CCNc1ccc(C(=O)/C=C/c2cccc(Nc3cccnc3)c2)cc1. The minimum absolute atomic E-state index is 0.0181. The van der Waals surface area contributed by atoms with Crippen molar-refractivity contribution in [1.82, 2.24) is 9.88 Å². The number of rotatable bonds is 9. The molecule has 0 fully saturated rings. The third kappa shape index (κ3) is 6.59. The fourth-order valence-corrected chi connectivity index (χ4v) is 2.77. The van der Waals surface area contributed by atoms with E-state index in [1.54, 1.807) is 18.5 Å². The topological polar surface area (TPSA) is 57.3 Å². The van der Waals surface area contributed by atoms with Gasteiger partial charge in [-0.3, -0.25) is 9.78 Å². The van der Waals surface area contributed by atoms with E-state index in [4.69, 9.17) is 0 Å². The molecule has 0 aliphatic heterocycles. The van der Waals surface area contributed by atoms with Gasteiger partial charge in [0.2, 0.25) is 0 Å². The number of carbonyl (C=O) groups excluding carboxylic acids is 1. The van der Waals surface area contributed by atoms with Crippen molar-refractivity contribution < 1.29 is 4.79 Å². The van der Waals surface area contributed by atoms with E-state index in [9.17, 15) is 4.79 Å². The monoisotopic (exact) mass is 386 g/mol. The second-order valence-corrected chi connectivity index (χ2v) is 7.00. The molecule has 0 saturated carbocycles. The molecule has 2 aromatic carbocycles. The number of aromatic nitrogens is 1. The number of hydrogen-bond acceptors (Lipinski definition) is 5. The highest BCUT2D eigenvalue weighted by molar-refractivity contribution is 6.07. The van der Waals surface area contributed by atoms with Crippen molar-refractivity contribution >= 4 is 28.9 Å². The predicted octanol–water partition coefficient (Wildman–Crippen LogP) is 4.69. The zero-order valence-electron chi connectivity index (χ0n) is 16.8. The van der Waals surface area contributed by atoms with E-state index in [-0.39, 0.29) is 5.78 Å². The Balaban J connectivity index is 1.59. The molecule has 5 heteroatoms. The number of likely N-dealkylation sites (N-methyl/N-ethyl adjacent to an activating group) is 1. The van der Waals surface area contributed by atoms with E-state index in [2.05, 4.69) is 20.5 Å². The summed E-state index contributed by atoms with van der Waals surface area (Å²) in [7, 11) is 4.08. The van der Waals surface area contributed by atoms with Gasteiger partial charge in [-0.2, -0.15) is 0 Å². The highest BCUT2D eigenvalue weighted by Gasteiger charge is 2.02. The zero-order valence-corrected chi connectivity index (χ0v) is 16.8. The van der Waals surface area contributed by atoms with E-state index in [0.717, 1.165) is 35.7 Å². The van der Waals surface area contributed by atoms with Gasteiger partial charge in [-0.15, -0.1) is 0 Å². The van der Waals surface area contributed by atoms with Crippen molar-refractivity contribution in [2.24, 2.45) is 0 Å². The number of pyridine rings is 1. The number of nitrogens with one attached hydrogen (secondary N) is 2. The Hall–Kier alpha value is -3.44. The fraction of sp³-hybridized carbons (Fsp3) is 0.167. The van der Waals surface area contributed by atoms with E-state index in [0.29, 0.717) is 5.56 Å². The number of hydrogen-bond donors (Lipinski definition) is 2. The summed E-state index contributed by atoms with van der Waals surface area (Å²) in [5.41, 5.74) is 4.50. The Bertz CT molecular complexity index is 950. The van der Waals surface area contributed by atoms with Crippen molar-refractivity contribution in [2.45, 2.75) is 0 Å². The predicted molar refractivity (Wildman–Crippen MR) is 121 cm³/mol. The molecule has 0 aliphatic rings. The minimum atomic E-state index is -0.0181. The number of benzene rings is 2. The van der Waals surface area contributed by atoms with Gasteiger partial charge in [0.25, 0.3) is 0 Å². The van der Waals surface area contributed by atoms with E-state index >= 15 is 0 Å². The lowest BCUT2D eigenvalue weighted by molar-refractivity contribution is 0.104. The highest BCUT2D eigenvalue weighted by Crippen LogP contribution is 2.18. The van der Waals surface area contributed by atoms with Crippen LogP contribution in [0, 0.1) is 0 Å². The summed E-state index contributed by atoms with van der Waals surface area (Å²) in [5.74, 6) is -0.0181. The molecule has 5 nitrogen and oxygen atoms in total. The molecule has 29 heavy (non-hydrogen) atoms. The van der Waals surface area contributed by atoms with Crippen LogP contribution in [-0.4, -0.2) is 42.9 Å². The molecular weight excluding hydrogens is 360 g/mol. The largest absolute Gasteiger partial charge is 0.384 e. The summed E-state index contributed by atoms with van der Waals surface area (Å²) in [6, 6.07) is 19.3. The molecule has 0 spiro atoms. The van der Waals surface area contributed by atoms with E-state index in [1.165, 1.54) is 0 Å². The van der Waals surface area contributed by atoms with Gasteiger partial charge in [-0.1, -0.05) is 18.2 Å². The summed E-state index contributed by atoms with van der Waals surface area (Å²) >= 11 is 0. The van der Waals surface area contributed by atoms with Gasteiger partial charge in [0.15, 0.2) is 5.78 Å². The summed E-state index contributed by atoms with van der Waals surface area (Å²) in [4.78, 5) is 18.7. The molecule has 2 N–H and O–H groups in total. The molecule has 0 aliphatic carbocycles. The summed E-state index contributed by atoms with van der Waals surface area (Å²) < 4.78 is 0. The van der Waals surface area contributed by atoms with Crippen LogP contribution in [0.2, 0.25) is 0 Å². The molecule has 148 valence electrons. The summed E-state index contributed by atoms with van der Waals surface area (Å²) in [5, 5.41) is 6.65. The Morgan fingerprint density at radius 1 is 1.00 bits per heavy atom. The van der Waals surface area contributed by atoms with Crippen molar-refractivity contribution in [3.63, 3.8) is 0 Å². The lowest BCUT2D eigenvalue weighted by atomic mass is 10.1. The Morgan fingerprint density at radius 2 is 1.79 bits per heavy atom. The molecule has 3 rings (SSSR count). The molecule has 0 radical (unpaired) electrons. The summed E-state index contributed by atoms with van der Waals surface area (Å²) in [6.07, 6.45) is 6.95. The van der Waals surface area contributed by atoms with Crippen molar-refractivity contribution in [3.05, 3.63) is 90.3 Å². The molecule has 1 heterocycles. The van der Waals surface area contributed by atoms with Crippen LogP contribution in [-0.2, 0) is 0 Å². The van der Waals surface area contributed by atoms with Crippen LogP contribution in [0.1, 0.15) is 15.9 Å². The molecule has 3 aromatic rings. The van der Waals surface area contributed by atoms with E-state index < -0.39 is 0 Å². The van der Waals surface area contributed by atoms with Crippen molar-refractivity contribution in [3.8, 4) is 0 Å². The first-order valence-electron chi connectivity index (χ1n) is 9.58. The van der Waals surface area contributed by atoms with Gasteiger partial charge in [-0.05, 0) is 74.3 Å². The maximum absolute atomic E-state index is 12.5. The first kappa shape index (κ1) is 20.3. The number of ketones is 1. The summed E-state index contributed by atoms with van der Waals surface area (Å²) in [6.45, 7) is 1.82. The van der Waals surface area contributed by atoms with Gasteiger partial charge >= 0.3 is 0 Å². The minimum Gasteiger partial charge on any atom is -0.384 e. The highest BCUT2D eigenvalue weighted by atomic mass is 16.1. The van der Waals surface area contributed by atoms with Gasteiger partial charge in [0.05, 0.1) is 11.9 Å². The van der Waals surface area contributed by atoms with Gasteiger partial charge < -0.3 is 15.5 Å². The van der Waals surface area contributed by atoms with Crippen LogP contribution < -0.4 is 10.6 Å². The second-order valence-electron chi connectivity index (χ2n) is 7.00. The van der Waals surface area contributed by atoms with Crippen LogP contribution in [0.3, 0.4) is 0 Å². The van der Waals surface area contributed by atoms with Gasteiger partial charge in [-0.25, -0.2) is 0 Å². The number of allylic oxidation sites excluding steroid dienone is 1. The molecule has 0 bridgehead atoms. The Morgan fingerprint density at radius 3 is 2.52 bits per heavy atom. The zero-order chi connectivity index (χ0) is 20.5. The van der Waals surface area contributed by atoms with Crippen LogP contribution >= 0.6 is 0 Å². The number of nitrogens with zero attached hydrogens (tertiary/aromatic N) is 2. The Kier molecular flexibility index (Phi) is 7.14. The van der Waals surface area contributed by atoms with Crippen LogP contribution in [0.15, 0.2) is 79.1 Å².